The van der Waals surface area contributed by atoms with Gasteiger partial charge in [0.15, 0.2) is 5.69 Å². The third-order valence-electron chi connectivity index (χ3n) is 3.43. The minimum Gasteiger partial charge on any atom is -0.364 e. The number of fused-ring (bicyclic) bond motifs is 1. The number of hydrogen-bond donors (Lipinski definition) is 2. The van der Waals surface area contributed by atoms with Crippen LogP contribution in [0.5, 0.6) is 0 Å². The number of benzene rings is 1. The first kappa shape index (κ1) is 16.0. The fourth-order valence-corrected chi connectivity index (χ4v) is 3.30. The van der Waals surface area contributed by atoms with Crippen LogP contribution in [0.15, 0.2) is 47.5 Å². The Morgan fingerprint density at radius 1 is 1.25 bits per heavy atom. The number of hydrogen-bond acceptors (Lipinski definition) is 5. The molecule has 0 fully saturated rings. The van der Waals surface area contributed by atoms with E-state index in [1.54, 1.807) is 12.1 Å². The van der Waals surface area contributed by atoms with Gasteiger partial charge in [-0.15, -0.1) is 11.8 Å². The van der Waals surface area contributed by atoms with E-state index in [-0.39, 0.29) is 29.6 Å². The monoisotopic (exact) mass is 342 g/mol. The van der Waals surface area contributed by atoms with E-state index < -0.39 is 11.8 Å². The Labute approximate surface area is 142 Å². The van der Waals surface area contributed by atoms with Crippen molar-refractivity contribution in [3.63, 3.8) is 0 Å². The summed E-state index contributed by atoms with van der Waals surface area (Å²) in [6, 6.07) is 10.5. The van der Waals surface area contributed by atoms with Crippen molar-refractivity contribution in [1.29, 1.82) is 0 Å². The number of pyridine rings is 1. The molecule has 8 heteroatoms. The first-order valence-electron chi connectivity index (χ1n) is 7.13. The summed E-state index contributed by atoms with van der Waals surface area (Å²) in [4.78, 5) is 42.1. The number of nitrogens with one attached hydrogen (secondary N) is 1. The molecule has 1 aliphatic rings. The van der Waals surface area contributed by atoms with E-state index in [1.807, 2.05) is 18.2 Å². The lowest BCUT2D eigenvalue weighted by Gasteiger charge is -2.28. The average molecular weight is 342 g/mol. The molecule has 122 valence electrons. The van der Waals surface area contributed by atoms with Crippen molar-refractivity contribution >= 4 is 40.9 Å². The van der Waals surface area contributed by atoms with Crippen LogP contribution in [0.3, 0.4) is 0 Å². The first-order chi connectivity index (χ1) is 11.6. The molecular formula is C16H14N4O3S. The molecule has 1 aliphatic heterocycles. The molecule has 0 aliphatic carbocycles. The maximum absolute atomic E-state index is 12.3. The van der Waals surface area contributed by atoms with E-state index >= 15 is 0 Å². The van der Waals surface area contributed by atoms with Crippen molar-refractivity contribution in [2.24, 2.45) is 5.73 Å². The predicted octanol–water partition coefficient (Wildman–Crippen LogP) is 1.26. The van der Waals surface area contributed by atoms with Gasteiger partial charge in [-0.3, -0.25) is 14.4 Å². The molecule has 0 saturated carbocycles. The Hall–Kier alpha value is -2.87. The molecule has 3 N–H and O–H groups in total. The summed E-state index contributed by atoms with van der Waals surface area (Å²) in [5, 5.41) is 2.59. The standard InChI is InChI=1S/C16H14N4O3S/c17-16(23)15-10(4-3-7-18-15)19-13(21)8-20-11-5-1-2-6-12(11)24-9-14(20)22/h1-7H,8-9H2,(H2,17,23)(H,19,21). The van der Waals surface area contributed by atoms with Crippen molar-refractivity contribution in [2.75, 3.05) is 22.5 Å². The normalized spacial score (nSPS) is 13.3. The van der Waals surface area contributed by atoms with E-state index in [2.05, 4.69) is 10.3 Å². The molecule has 0 atom stereocenters. The molecule has 3 rings (SSSR count). The Kier molecular flexibility index (Phi) is 4.48. The summed E-state index contributed by atoms with van der Waals surface area (Å²) in [7, 11) is 0. The molecule has 2 heterocycles. The van der Waals surface area contributed by atoms with Crippen LogP contribution in [0, 0.1) is 0 Å². The SMILES string of the molecule is NC(=O)c1ncccc1NC(=O)CN1C(=O)CSc2ccccc21. The summed E-state index contributed by atoms with van der Waals surface area (Å²) in [6.07, 6.45) is 1.41. The van der Waals surface area contributed by atoms with Gasteiger partial charge in [0, 0.05) is 11.1 Å². The molecular weight excluding hydrogens is 328 g/mol. The smallest absolute Gasteiger partial charge is 0.269 e. The lowest BCUT2D eigenvalue weighted by Crippen LogP contribution is -2.41. The molecule has 0 unspecified atom stereocenters. The van der Waals surface area contributed by atoms with Gasteiger partial charge in [-0.25, -0.2) is 4.98 Å². The number of carbonyl (C=O) groups is 3. The Morgan fingerprint density at radius 3 is 2.83 bits per heavy atom. The Bertz CT molecular complexity index is 824. The van der Waals surface area contributed by atoms with E-state index in [4.69, 9.17) is 5.73 Å². The molecule has 24 heavy (non-hydrogen) atoms. The minimum atomic E-state index is -0.735. The number of nitrogens with zero attached hydrogens (tertiary/aromatic N) is 2. The number of primary amides is 1. The molecule has 0 spiro atoms. The van der Waals surface area contributed by atoms with Crippen molar-refractivity contribution in [3.8, 4) is 0 Å². The maximum Gasteiger partial charge on any atom is 0.269 e. The van der Waals surface area contributed by atoms with Gasteiger partial charge in [0.2, 0.25) is 11.8 Å². The second-order valence-electron chi connectivity index (χ2n) is 5.05. The molecule has 0 radical (unpaired) electrons. The van der Waals surface area contributed by atoms with Crippen LogP contribution in [-0.4, -0.2) is 35.0 Å². The van der Waals surface area contributed by atoms with Gasteiger partial charge >= 0.3 is 0 Å². The quantitative estimate of drug-likeness (QED) is 0.870. The number of aromatic nitrogens is 1. The van der Waals surface area contributed by atoms with Gasteiger partial charge in [0.05, 0.1) is 17.1 Å². The highest BCUT2D eigenvalue weighted by Gasteiger charge is 2.26. The number of anilines is 2. The van der Waals surface area contributed by atoms with Gasteiger partial charge < -0.3 is 16.0 Å². The summed E-state index contributed by atoms with van der Waals surface area (Å²) < 4.78 is 0. The van der Waals surface area contributed by atoms with E-state index in [9.17, 15) is 14.4 Å². The van der Waals surface area contributed by atoms with Crippen LogP contribution in [0.4, 0.5) is 11.4 Å². The zero-order valence-electron chi connectivity index (χ0n) is 12.6. The van der Waals surface area contributed by atoms with Crippen molar-refractivity contribution in [3.05, 3.63) is 48.3 Å². The third-order valence-corrected chi connectivity index (χ3v) is 4.47. The Morgan fingerprint density at radius 2 is 2.04 bits per heavy atom. The third kappa shape index (κ3) is 3.23. The van der Waals surface area contributed by atoms with Gasteiger partial charge in [-0.1, -0.05) is 12.1 Å². The summed E-state index contributed by atoms with van der Waals surface area (Å²) in [5.74, 6) is -1.03. The van der Waals surface area contributed by atoms with Crippen LogP contribution in [0.1, 0.15) is 10.5 Å². The lowest BCUT2D eigenvalue weighted by molar-refractivity contribution is -0.120. The van der Waals surface area contributed by atoms with E-state index in [1.165, 1.54) is 28.9 Å². The Balaban J connectivity index is 1.79. The molecule has 0 saturated heterocycles. The molecule has 3 amide bonds. The fourth-order valence-electron chi connectivity index (χ4n) is 2.36. The number of para-hydroxylation sites is 1. The zero-order valence-corrected chi connectivity index (χ0v) is 13.4. The minimum absolute atomic E-state index is 0.0215. The van der Waals surface area contributed by atoms with Crippen LogP contribution in [0.25, 0.3) is 0 Å². The zero-order chi connectivity index (χ0) is 17.1. The van der Waals surface area contributed by atoms with Gasteiger partial charge in [0.1, 0.15) is 6.54 Å². The highest BCUT2D eigenvalue weighted by molar-refractivity contribution is 8.00. The maximum atomic E-state index is 12.3. The molecule has 1 aromatic heterocycles. The second kappa shape index (κ2) is 6.71. The van der Waals surface area contributed by atoms with E-state index in [0.717, 1.165) is 4.90 Å². The van der Waals surface area contributed by atoms with Crippen molar-refractivity contribution in [1.82, 2.24) is 4.98 Å². The second-order valence-corrected chi connectivity index (χ2v) is 6.07. The predicted molar refractivity (Wildman–Crippen MR) is 90.9 cm³/mol. The molecule has 2 aromatic rings. The highest BCUT2D eigenvalue weighted by Crippen LogP contribution is 2.34. The number of rotatable bonds is 4. The van der Waals surface area contributed by atoms with Crippen LogP contribution in [0.2, 0.25) is 0 Å². The molecule has 7 nitrogen and oxygen atoms in total. The van der Waals surface area contributed by atoms with Crippen molar-refractivity contribution < 1.29 is 14.4 Å². The average Bonchev–Trinajstić information content (AvgIpc) is 2.58. The molecule has 0 bridgehead atoms. The number of thioether (sulfide) groups is 1. The van der Waals surface area contributed by atoms with E-state index in [0.29, 0.717) is 5.69 Å². The summed E-state index contributed by atoms with van der Waals surface area (Å²) >= 11 is 1.44. The molecule has 1 aromatic carbocycles. The van der Waals surface area contributed by atoms with Gasteiger partial charge in [0.25, 0.3) is 5.91 Å². The number of amides is 3. The number of nitrogens with two attached hydrogens (primary N) is 1. The van der Waals surface area contributed by atoms with Crippen LogP contribution in [-0.2, 0) is 9.59 Å². The highest BCUT2D eigenvalue weighted by atomic mass is 32.2. The van der Waals surface area contributed by atoms with Crippen LogP contribution < -0.4 is 16.0 Å². The summed E-state index contributed by atoms with van der Waals surface area (Å²) in [5.41, 5.74) is 6.15. The van der Waals surface area contributed by atoms with Crippen LogP contribution >= 0.6 is 11.8 Å². The summed E-state index contributed by atoms with van der Waals surface area (Å²) in [6.45, 7) is -0.149. The van der Waals surface area contributed by atoms with Gasteiger partial charge in [-0.2, -0.15) is 0 Å². The van der Waals surface area contributed by atoms with Gasteiger partial charge in [-0.05, 0) is 24.3 Å². The van der Waals surface area contributed by atoms with Crippen molar-refractivity contribution in [2.45, 2.75) is 4.90 Å². The lowest BCUT2D eigenvalue weighted by atomic mass is 10.2. The fraction of sp³-hybridized carbons (Fsp3) is 0.125. The topological polar surface area (TPSA) is 105 Å². The first-order valence-corrected chi connectivity index (χ1v) is 8.11. The largest absolute Gasteiger partial charge is 0.364 e. The number of carbonyl (C=O) groups excluding carboxylic acids is 3.